The molecule has 0 amide bonds. The molecule has 3 nitrogen and oxygen atoms in total. The van der Waals surface area contributed by atoms with Gasteiger partial charge in [0, 0.05) is 13.1 Å². The lowest BCUT2D eigenvalue weighted by Crippen LogP contribution is -2.41. The molecule has 0 spiro atoms. The van der Waals surface area contributed by atoms with E-state index in [1.54, 1.807) is 5.06 Å². The number of hydrogen-bond donors (Lipinski definition) is 1. The SMILES string of the molecule is CC.[OH2+]N1CCNCC1. The summed E-state index contributed by atoms with van der Waals surface area (Å²) in [5.41, 5.74) is 0. The third-order valence-electron chi connectivity index (χ3n) is 1.12. The number of piperazine rings is 1. The molecule has 0 unspecified atom stereocenters. The minimum atomic E-state index is 0.875. The molecule has 0 radical (unpaired) electrons. The van der Waals surface area contributed by atoms with Gasteiger partial charge in [0.15, 0.2) is 0 Å². The highest BCUT2D eigenvalue weighted by Gasteiger charge is 2.07. The average molecular weight is 133 g/mol. The van der Waals surface area contributed by atoms with Gasteiger partial charge in [-0.05, 0) is 0 Å². The van der Waals surface area contributed by atoms with Crippen LogP contribution in [-0.4, -0.2) is 36.4 Å². The van der Waals surface area contributed by atoms with E-state index in [0.29, 0.717) is 0 Å². The highest BCUT2D eigenvalue weighted by molar-refractivity contribution is 4.58. The maximum Gasteiger partial charge on any atom is 0.0791 e. The Labute approximate surface area is 56.6 Å². The van der Waals surface area contributed by atoms with Crippen LogP contribution in [0.4, 0.5) is 0 Å². The smallest absolute Gasteiger partial charge is 0.0791 e. The van der Waals surface area contributed by atoms with Crippen molar-refractivity contribution in [1.82, 2.24) is 10.4 Å². The maximum absolute atomic E-state index is 7.07. The summed E-state index contributed by atoms with van der Waals surface area (Å²) < 4.78 is 0. The Morgan fingerprint density at radius 2 is 1.67 bits per heavy atom. The second-order valence-electron chi connectivity index (χ2n) is 1.74. The molecule has 1 saturated heterocycles. The number of nitrogens with zero attached hydrogens (tertiary/aromatic N) is 1. The predicted octanol–water partition coefficient (Wildman–Crippen LogP) is -0.443. The summed E-state index contributed by atoms with van der Waals surface area (Å²) in [6.45, 7) is 7.70. The highest BCUT2D eigenvalue weighted by atomic mass is 16.5. The van der Waals surface area contributed by atoms with Crippen LogP contribution in [-0.2, 0) is 0 Å². The first-order valence-corrected chi connectivity index (χ1v) is 3.56. The van der Waals surface area contributed by atoms with Crippen LogP contribution in [0.2, 0.25) is 0 Å². The highest BCUT2D eigenvalue weighted by Crippen LogP contribution is 1.82. The van der Waals surface area contributed by atoms with Gasteiger partial charge in [0.25, 0.3) is 0 Å². The van der Waals surface area contributed by atoms with E-state index in [1.807, 2.05) is 13.8 Å². The zero-order chi connectivity index (χ0) is 7.11. The van der Waals surface area contributed by atoms with Gasteiger partial charge in [0.1, 0.15) is 0 Å². The molecule has 3 heteroatoms. The quantitative estimate of drug-likeness (QED) is 0.455. The van der Waals surface area contributed by atoms with Crippen molar-refractivity contribution in [2.45, 2.75) is 13.8 Å². The summed E-state index contributed by atoms with van der Waals surface area (Å²) >= 11 is 0. The van der Waals surface area contributed by atoms with Gasteiger partial charge in [-0.25, -0.2) is 0 Å². The van der Waals surface area contributed by atoms with Gasteiger partial charge in [0.05, 0.1) is 13.1 Å². The zero-order valence-corrected chi connectivity index (χ0v) is 6.28. The summed E-state index contributed by atoms with van der Waals surface area (Å²) in [6, 6.07) is 0. The summed E-state index contributed by atoms with van der Waals surface area (Å²) in [7, 11) is 0. The van der Waals surface area contributed by atoms with Gasteiger partial charge in [-0.15, -0.1) is 0 Å². The second kappa shape index (κ2) is 6.01. The molecule has 9 heavy (non-hydrogen) atoms. The van der Waals surface area contributed by atoms with Crippen LogP contribution < -0.4 is 5.32 Å². The molecule has 56 valence electrons. The van der Waals surface area contributed by atoms with Crippen LogP contribution in [0.3, 0.4) is 0 Å². The van der Waals surface area contributed by atoms with Crippen molar-refractivity contribution < 1.29 is 5.21 Å². The van der Waals surface area contributed by atoms with Crippen molar-refractivity contribution in [3.8, 4) is 0 Å². The summed E-state index contributed by atoms with van der Waals surface area (Å²) in [4.78, 5) is 0. The Bertz CT molecular complexity index is 53.0. The molecule has 0 bridgehead atoms. The maximum atomic E-state index is 7.07. The Hall–Kier alpha value is -0.120. The molecule has 1 aliphatic rings. The minimum Gasteiger partial charge on any atom is -0.339 e. The first-order valence-electron chi connectivity index (χ1n) is 3.56. The molecular formula is C6H17N2O+. The van der Waals surface area contributed by atoms with Crippen molar-refractivity contribution in [2.24, 2.45) is 0 Å². The van der Waals surface area contributed by atoms with Gasteiger partial charge >= 0.3 is 0 Å². The van der Waals surface area contributed by atoms with E-state index in [9.17, 15) is 0 Å². The zero-order valence-electron chi connectivity index (χ0n) is 6.28. The standard InChI is InChI=1S/C4H10N2O.C2H6/c7-6-3-1-5-2-4-6;1-2/h5,7H,1-4H2;1-2H3/p+1. The van der Waals surface area contributed by atoms with E-state index in [-0.39, 0.29) is 0 Å². The van der Waals surface area contributed by atoms with Gasteiger partial charge < -0.3 is 10.5 Å². The number of nitrogens with one attached hydrogen (secondary N) is 1. The average Bonchev–Trinajstić information content (AvgIpc) is 1.94. The number of hydroxylamine groups is 2. The van der Waals surface area contributed by atoms with Crippen LogP contribution >= 0.6 is 0 Å². The molecule has 1 fully saturated rings. The molecule has 0 aliphatic carbocycles. The van der Waals surface area contributed by atoms with Gasteiger partial charge in [-0.3, -0.25) is 0 Å². The van der Waals surface area contributed by atoms with Crippen molar-refractivity contribution in [3.63, 3.8) is 0 Å². The Balaban J connectivity index is 0.000000291. The van der Waals surface area contributed by atoms with E-state index in [2.05, 4.69) is 5.32 Å². The van der Waals surface area contributed by atoms with Crippen molar-refractivity contribution in [1.29, 1.82) is 0 Å². The van der Waals surface area contributed by atoms with Crippen LogP contribution in [0.1, 0.15) is 13.8 Å². The fourth-order valence-corrected chi connectivity index (χ4v) is 0.665. The van der Waals surface area contributed by atoms with E-state index in [1.165, 1.54) is 0 Å². The molecule has 0 atom stereocenters. The third kappa shape index (κ3) is 4.39. The topological polar surface area (TPSA) is 38.2 Å². The van der Waals surface area contributed by atoms with E-state index in [4.69, 9.17) is 5.21 Å². The van der Waals surface area contributed by atoms with Crippen molar-refractivity contribution >= 4 is 0 Å². The lowest BCUT2D eigenvalue weighted by molar-refractivity contribution is -0.0976. The molecule has 3 N–H and O–H groups in total. The van der Waals surface area contributed by atoms with Gasteiger partial charge in [-0.1, -0.05) is 18.9 Å². The first-order chi connectivity index (χ1) is 4.39. The second-order valence-corrected chi connectivity index (χ2v) is 1.74. The van der Waals surface area contributed by atoms with Crippen molar-refractivity contribution in [3.05, 3.63) is 0 Å². The molecule has 0 aromatic rings. The Kier molecular flexibility index (Phi) is 5.93. The monoisotopic (exact) mass is 133 g/mol. The Morgan fingerprint density at radius 1 is 1.22 bits per heavy atom. The van der Waals surface area contributed by atoms with Crippen LogP contribution in [0.25, 0.3) is 0 Å². The molecule has 0 aromatic heterocycles. The predicted molar refractivity (Wildman–Crippen MR) is 39.4 cm³/mol. The van der Waals surface area contributed by atoms with Gasteiger partial charge in [-0.2, -0.15) is 0 Å². The largest absolute Gasteiger partial charge is 0.339 e. The number of hydrogen-bond acceptors (Lipinski definition) is 2. The van der Waals surface area contributed by atoms with Crippen LogP contribution in [0.15, 0.2) is 0 Å². The number of rotatable bonds is 0. The molecule has 0 saturated carbocycles. The lowest BCUT2D eigenvalue weighted by atomic mass is 10.4. The Morgan fingerprint density at radius 3 is 1.89 bits per heavy atom. The van der Waals surface area contributed by atoms with Gasteiger partial charge in [0.2, 0.25) is 0 Å². The fourth-order valence-electron chi connectivity index (χ4n) is 0.665. The van der Waals surface area contributed by atoms with E-state index >= 15 is 0 Å². The third-order valence-corrected chi connectivity index (χ3v) is 1.12. The minimum absolute atomic E-state index is 0.875. The molecule has 1 rings (SSSR count). The lowest BCUT2D eigenvalue weighted by Gasteiger charge is -2.15. The summed E-state index contributed by atoms with van der Waals surface area (Å²) in [5.74, 6) is 0. The normalized spacial score (nSPS) is 20.3. The first kappa shape index (κ1) is 8.88. The van der Waals surface area contributed by atoms with E-state index in [0.717, 1.165) is 26.2 Å². The fraction of sp³-hybridized carbons (Fsp3) is 1.00. The molecular weight excluding hydrogens is 116 g/mol. The van der Waals surface area contributed by atoms with Crippen LogP contribution in [0.5, 0.6) is 0 Å². The molecule has 1 aliphatic heterocycles. The van der Waals surface area contributed by atoms with E-state index < -0.39 is 0 Å². The molecule has 1 heterocycles. The van der Waals surface area contributed by atoms with Crippen molar-refractivity contribution in [2.75, 3.05) is 26.2 Å². The summed E-state index contributed by atoms with van der Waals surface area (Å²) in [5, 5.41) is 11.8. The van der Waals surface area contributed by atoms with Crippen LogP contribution in [0, 0.1) is 0 Å². The summed E-state index contributed by atoms with van der Waals surface area (Å²) in [6.07, 6.45) is 0. The molecule has 0 aromatic carbocycles.